The van der Waals surface area contributed by atoms with E-state index in [9.17, 15) is 0 Å². The van der Waals surface area contributed by atoms with Crippen molar-refractivity contribution in [3.8, 4) is 11.3 Å². The molecule has 86 valence electrons. The van der Waals surface area contributed by atoms with E-state index in [0.29, 0.717) is 6.61 Å². The number of fused-ring (bicyclic) bond motifs is 1. The molecule has 0 saturated heterocycles. The van der Waals surface area contributed by atoms with Gasteiger partial charge in [-0.2, -0.15) is 0 Å². The van der Waals surface area contributed by atoms with Crippen LogP contribution in [0.1, 0.15) is 5.56 Å². The van der Waals surface area contributed by atoms with Crippen LogP contribution in [-0.4, -0.2) is 12.1 Å². The second kappa shape index (κ2) is 4.11. The lowest BCUT2D eigenvalue weighted by Crippen LogP contribution is -1.81. The molecule has 3 rings (SSSR count). The van der Waals surface area contributed by atoms with E-state index in [1.54, 1.807) is 13.4 Å². The van der Waals surface area contributed by atoms with Crippen LogP contribution in [0.15, 0.2) is 47.2 Å². The highest BCUT2D eigenvalue weighted by Gasteiger charge is 2.05. The number of aromatic amines is 1. The average molecular weight is 227 g/mol. The van der Waals surface area contributed by atoms with Crippen LogP contribution in [0.2, 0.25) is 0 Å². The van der Waals surface area contributed by atoms with Gasteiger partial charge in [-0.05, 0) is 30.3 Å². The molecule has 2 aromatic heterocycles. The summed E-state index contributed by atoms with van der Waals surface area (Å²) in [4.78, 5) is 3.17. The zero-order chi connectivity index (χ0) is 11.7. The molecule has 0 amide bonds. The summed E-state index contributed by atoms with van der Waals surface area (Å²) in [5, 5.41) is 1.19. The molecule has 0 fully saturated rings. The summed E-state index contributed by atoms with van der Waals surface area (Å²) < 4.78 is 10.6. The van der Waals surface area contributed by atoms with E-state index in [1.165, 1.54) is 5.39 Å². The molecule has 0 atom stereocenters. The van der Waals surface area contributed by atoms with Crippen molar-refractivity contribution in [1.82, 2.24) is 4.98 Å². The van der Waals surface area contributed by atoms with Gasteiger partial charge in [-0.15, -0.1) is 0 Å². The van der Waals surface area contributed by atoms with Crippen LogP contribution >= 0.6 is 0 Å². The third-order valence-corrected chi connectivity index (χ3v) is 2.80. The predicted octanol–water partition coefficient (Wildman–Crippen LogP) is 3.57. The minimum atomic E-state index is 0.579. The molecule has 0 aliphatic heterocycles. The topological polar surface area (TPSA) is 38.2 Å². The molecule has 1 aromatic carbocycles. The summed E-state index contributed by atoms with van der Waals surface area (Å²) in [6.45, 7) is 0.579. The summed E-state index contributed by atoms with van der Waals surface area (Å²) in [5.41, 5.74) is 3.27. The van der Waals surface area contributed by atoms with Crippen LogP contribution in [0.3, 0.4) is 0 Å². The van der Waals surface area contributed by atoms with Gasteiger partial charge in [0, 0.05) is 35.3 Å². The Morgan fingerprint density at radius 1 is 1.24 bits per heavy atom. The predicted molar refractivity (Wildman–Crippen MR) is 66.7 cm³/mol. The van der Waals surface area contributed by atoms with E-state index in [-0.39, 0.29) is 0 Å². The smallest absolute Gasteiger partial charge is 0.134 e. The second-order valence-electron chi connectivity index (χ2n) is 4.03. The van der Waals surface area contributed by atoms with Crippen LogP contribution in [0.5, 0.6) is 0 Å². The fourth-order valence-electron chi connectivity index (χ4n) is 1.98. The molecule has 0 aliphatic rings. The molecular formula is C14H13NO2. The third-order valence-electron chi connectivity index (χ3n) is 2.80. The van der Waals surface area contributed by atoms with Crippen LogP contribution in [0.4, 0.5) is 0 Å². The van der Waals surface area contributed by atoms with E-state index >= 15 is 0 Å². The Hall–Kier alpha value is -2.00. The molecule has 3 aromatic rings. The number of hydrogen-bond donors (Lipinski definition) is 1. The van der Waals surface area contributed by atoms with Gasteiger partial charge in [-0.25, -0.2) is 0 Å². The fraction of sp³-hybridized carbons (Fsp3) is 0.143. The molecule has 0 unspecified atom stereocenters. The molecular weight excluding hydrogens is 214 g/mol. The van der Waals surface area contributed by atoms with Gasteiger partial charge in [0.05, 0.1) is 12.9 Å². The van der Waals surface area contributed by atoms with Crippen molar-refractivity contribution < 1.29 is 9.15 Å². The highest BCUT2D eigenvalue weighted by atomic mass is 16.5. The highest BCUT2D eigenvalue weighted by molar-refractivity contribution is 5.84. The Morgan fingerprint density at radius 2 is 2.18 bits per heavy atom. The average Bonchev–Trinajstić information content (AvgIpc) is 2.96. The molecule has 0 radical (unpaired) electrons. The second-order valence-corrected chi connectivity index (χ2v) is 4.03. The van der Waals surface area contributed by atoms with E-state index in [2.05, 4.69) is 23.2 Å². The van der Waals surface area contributed by atoms with Gasteiger partial charge < -0.3 is 14.1 Å². The Kier molecular flexibility index (Phi) is 2.46. The number of rotatable bonds is 3. The van der Waals surface area contributed by atoms with Gasteiger partial charge in [0.1, 0.15) is 5.76 Å². The Labute approximate surface area is 99.0 Å². The summed E-state index contributed by atoms with van der Waals surface area (Å²) in [5.74, 6) is 0.875. The Balaban J connectivity index is 2.00. The van der Waals surface area contributed by atoms with E-state index < -0.39 is 0 Å². The third kappa shape index (κ3) is 1.85. The largest absolute Gasteiger partial charge is 0.464 e. The fourth-order valence-corrected chi connectivity index (χ4v) is 1.98. The van der Waals surface area contributed by atoms with Crippen LogP contribution in [0.25, 0.3) is 22.2 Å². The Morgan fingerprint density at radius 3 is 3.06 bits per heavy atom. The molecule has 0 bridgehead atoms. The number of ether oxygens (including phenoxy) is 1. The number of benzene rings is 1. The van der Waals surface area contributed by atoms with Crippen molar-refractivity contribution in [2.75, 3.05) is 7.11 Å². The van der Waals surface area contributed by atoms with Crippen molar-refractivity contribution in [3.63, 3.8) is 0 Å². The summed E-state index contributed by atoms with van der Waals surface area (Å²) in [7, 11) is 1.68. The first kappa shape index (κ1) is 10.2. The van der Waals surface area contributed by atoms with Gasteiger partial charge in [-0.1, -0.05) is 0 Å². The summed E-state index contributed by atoms with van der Waals surface area (Å²) >= 11 is 0. The van der Waals surface area contributed by atoms with Crippen molar-refractivity contribution in [1.29, 1.82) is 0 Å². The first-order valence-electron chi connectivity index (χ1n) is 5.51. The zero-order valence-electron chi connectivity index (χ0n) is 9.57. The van der Waals surface area contributed by atoms with Crippen molar-refractivity contribution >= 4 is 10.9 Å². The van der Waals surface area contributed by atoms with Crippen molar-refractivity contribution in [2.24, 2.45) is 0 Å². The van der Waals surface area contributed by atoms with Crippen molar-refractivity contribution in [2.45, 2.75) is 6.61 Å². The lowest BCUT2D eigenvalue weighted by Gasteiger charge is -1.96. The lowest BCUT2D eigenvalue weighted by atomic mass is 10.1. The van der Waals surface area contributed by atoms with Gasteiger partial charge >= 0.3 is 0 Å². The first-order valence-corrected chi connectivity index (χ1v) is 5.51. The molecule has 1 N–H and O–H groups in total. The van der Waals surface area contributed by atoms with Crippen LogP contribution in [0, 0.1) is 0 Å². The highest BCUT2D eigenvalue weighted by Crippen LogP contribution is 2.25. The number of nitrogens with one attached hydrogen (secondary N) is 1. The normalized spacial score (nSPS) is 11.1. The first-order chi connectivity index (χ1) is 8.36. The molecule has 2 heterocycles. The maximum Gasteiger partial charge on any atom is 0.134 e. The van der Waals surface area contributed by atoms with Gasteiger partial charge in [0.2, 0.25) is 0 Å². The summed E-state index contributed by atoms with van der Waals surface area (Å²) in [6.07, 6.45) is 3.67. The van der Waals surface area contributed by atoms with Gasteiger partial charge in [0.15, 0.2) is 0 Å². The molecule has 3 heteroatoms. The molecule has 0 spiro atoms. The van der Waals surface area contributed by atoms with Gasteiger partial charge in [0.25, 0.3) is 0 Å². The van der Waals surface area contributed by atoms with E-state index in [0.717, 1.165) is 22.4 Å². The number of H-pyrrole nitrogens is 1. The molecule has 3 nitrogen and oxygen atoms in total. The Bertz CT molecular complexity index is 636. The molecule has 17 heavy (non-hydrogen) atoms. The van der Waals surface area contributed by atoms with Crippen LogP contribution in [-0.2, 0) is 11.3 Å². The standard InChI is InChI=1S/C14H13NO2/c1-16-8-10-6-14(17-9-10)12-2-3-13-11(7-12)4-5-15-13/h2-7,9,15H,8H2,1H3. The summed E-state index contributed by atoms with van der Waals surface area (Å²) in [6, 6.07) is 10.3. The minimum Gasteiger partial charge on any atom is -0.464 e. The van der Waals surface area contributed by atoms with Crippen molar-refractivity contribution in [3.05, 3.63) is 48.4 Å². The maximum atomic E-state index is 5.54. The number of aromatic nitrogens is 1. The minimum absolute atomic E-state index is 0.579. The SMILES string of the molecule is COCc1coc(-c2ccc3[nH]ccc3c2)c1. The van der Waals surface area contributed by atoms with E-state index in [1.807, 2.05) is 18.3 Å². The number of methoxy groups -OCH3 is 1. The van der Waals surface area contributed by atoms with E-state index in [4.69, 9.17) is 9.15 Å². The quantitative estimate of drug-likeness (QED) is 0.742. The molecule has 0 aliphatic carbocycles. The van der Waals surface area contributed by atoms with Crippen LogP contribution < -0.4 is 0 Å². The maximum absolute atomic E-state index is 5.54. The number of hydrogen-bond acceptors (Lipinski definition) is 2. The lowest BCUT2D eigenvalue weighted by molar-refractivity contribution is 0.184. The monoisotopic (exact) mass is 227 g/mol. The molecule has 0 saturated carbocycles. The zero-order valence-corrected chi connectivity index (χ0v) is 9.57. The van der Waals surface area contributed by atoms with Gasteiger partial charge in [-0.3, -0.25) is 0 Å². The number of furan rings is 1.